The van der Waals surface area contributed by atoms with E-state index in [0.29, 0.717) is 12.8 Å². The molecule has 0 spiro atoms. The van der Waals surface area contributed by atoms with Crippen molar-refractivity contribution in [2.75, 3.05) is 0 Å². The molecular formula is C12H20CuO6. The van der Waals surface area contributed by atoms with Crippen molar-refractivity contribution in [3.8, 4) is 0 Å². The number of carboxylic acids is 2. The van der Waals surface area contributed by atoms with E-state index in [1.165, 1.54) is 0 Å². The van der Waals surface area contributed by atoms with Gasteiger partial charge in [0.2, 0.25) is 0 Å². The van der Waals surface area contributed by atoms with Crippen molar-refractivity contribution < 1.29 is 46.5 Å². The summed E-state index contributed by atoms with van der Waals surface area (Å²) in [6.07, 6.45) is 1.57. The van der Waals surface area contributed by atoms with E-state index in [2.05, 4.69) is 0 Å². The molecule has 1 radical (unpaired) electrons. The molecule has 0 atom stereocenters. The molecule has 0 aromatic heterocycles. The van der Waals surface area contributed by atoms with Crippen LogP contribution in [0.15, 0.2) is 0 Å². The van der Waals surface area contributed by atoms with Crippen LogP contribution in [0.4, 0.5) is 0 Å². The third-order valence-electron chi connectivity index (χ3n) is 1.75. The third-order valence-corrected chi connectivity index (χ3v) is 1.75. The Hall–Kier alpha value is -1.20. The molecule has 19 heavy (non-hydrogen) atoms. The van der Waals surface area contributed by atoms with E-state index in [9.17, 15) is 19.2 Å². The first-order chi connectivity index (χ1) is 8.33. The van der Waals surface area contributed by atoms with Crippen LogP contribution in [-0.2, 0) is 36.2 Å². The fourth-order valence-corrected chi connectivity index (χ4v) is 1.07. The summed E-state index contributed by atoms with van der Waals surface area (Å²) in [5.41, 5.74) is 0. The van der Waals surface area contributed by atoms with Gasteiger partial charge in [0.15, 0.2) is 0 Å². The van der Waals surface area contributed by atoms with Crippen LogP contribution in [0.25, 0.3) is 0 Å². The van der Waals surface area contributed by atoms with Gasteiger partial charge in [-0.3, -0.25) is 19.2 Å². The van der Waals surface area contributed by atoms with Crippen molar-refractivity contribution in [1.82, 2.24) is 0 Å². The Morgan fingerprint density at radius 3 is 1.16 bits per heavy atom. The molecule has 0 bridgehead atoms. The minimum absolute atomic E-state index is 0. The minimum Gasteiger partial charge on any atom is -0.481 e. The van der Waals surface area contributed by atoms with Crippen LogP contribution in [0.5, 0.6) is 0 Å². The first-order valence-corrected chi connectivity index (χ1v) is 5.80. The van der Waals surface area contributed by atoms with Crippen molar-refractivity contribution in [1.29, 1.82) is 0 Å². The predicted molar refractivity (Wildman–Crippen MR) is 64.3 cm³/mol. The fourth-order valence-electron chi connectivity index (χ4n) is 1.07. The average molecular weight is 324 g/mol. The smallest absolute Gasteiger partial charge is 0.310 e. The van der Waals surface area contributed by atoms with Gasteiger partial charge in [-0.05, 0) is 12.8 Å². The predicted octanol–water partition coefficient (Wildman–Crippen LogP) is 1.66. The van der Waals surface area contributed by atoms with Gasteiger partial charge in [0, 0.05) is 29.9 Å². The molecule has 6 nitrogen and oxygen atoms in total. The first-order valence-electron chi connectivity index (χ1n) is 5.80. The Bertz CT molecular complexity index is 271. The summed E-state index contributed by atoms with van der Waals surface area (Å²) in [7, 11) is 0. The third kappa shape index (κ3) is 22.5. The molecule has 0 rings (SSSR count). The van der Waals surface area contributed by atoms with E-state index in [0.717, 1.165) is 12.8 Å². The molecule has 0 aromatic carbocycles. The van der Waals surface area contributed by atoms with Gasteiger partial charge < -0.3 is 10.2 Å². The molecule has 0 saturated heterocycles. The Balaban J connectivity index is -0.000000256. The molecule has 0 heterocycles. The van der Waals surface area contributed by atoms with Gasteiger partial charge in [-0.1, -0.05) is 13.8 Å². The zero-order valence-electron chi connectivity index (χ0n) is 11.1. The van der Waals surface area contributed by atoms with Gasteiger partial charge in [0.25, 0.3) is 0 Å². The molecule has 0 aromatic rings. The van der Waals surface area contributed by atoms with E-state index < -0.39 is 11.9 Å². The second kappa shape index (κ2) is 14.9. The molecule has 0 aliphatic heterocycles. The number of aliphatic carboxylic acids is 2. The van der Waals surface area contributed by atoms with Crippen LogP contribution in [0.1, 0.15) is 52.4 Å². The van der Waals surface area contributed by atoms with Gasteiger partial charge in [-0.25, -0.2) is 0 Å². The summed E-state index contributed by atoms with van der Waals surface area (Å²) < 4.78 is 0. The average Bonchev–Trinajstić information content (AvgIpc) is 2.16. The molecule has 0 fully saturated rings. The Labute approximate surface area is 123 Å². The SMILES string of the molecule is CCCC(=O)CC(=O)O.CCCC(=O)CC(=O)O.[Cu]. The summed E-state index contributed by atoms with van der Waals surface area (Å²) in [5.74, 6) is -2.45. The summed E-state index contributed by atoms with van der Waals surface area (Å²) in [4.78, 5) is 40.7. The van der Waals surface area contributed by atoms with E-state index in [1.807, 2.05) is 13.8 Å². The summed E-state index contributed by atoms with van der Waals surface area (Å²) >= 11 is 0. The maximum absolute atomic E-state index is 10.5. The number of rotatable bonds is 8. The number of hydrogen-bond acceptors (Lipinski definition) is 4. The zero-order chi connectivity index (χ0) is 14.6. The standard InChI is InChI=1S/2C6H10O3.Cu/c2*1-2-3-5(7)4-6(8)9;/h2*2-4H2,1H3,(H,8,9);. The summed E-state index contributed by atoms with van der Waals surface area (Å²) in [5, 5.41) is 16.2. The molecule has 0 unspecified atom stereocenters. The number of hydrogen-bond donors (Lipinski definition) is 2. The molecule has 0 amide bonds. The molecule has 0 aliphatic carbocycles. The van der Waals surface area contributed by atoms with Crippen molar-refractivity contribution in [3.05, 3.63) is 0 Å². The Morgan fingerprint density at radius 1 is 0.737 bits per heavy atom. The van der Waals surface area contributed by atoms with E-state index in [-0.39, 0.29) is 41.5 Å². The first kappa shape index (κ1) is 22.9. The summed E-state index contributed by atoms with van der Waals surface area (Å²) in [6, 6.07) is 0. The zero-order valence-corrected chi connectivity index (χ0v) is 12.0. The molecule has 115 valence electrons. The van der Waals surface area contributed by atoms with Crippen LogP contribution in [0, 0.1) is 0 Å². The monoisotopic (exact) mass is 323 g/mol. The van der Waals surface area contributed by atoms with Gasteiger partial charge in [0.1, 0.15) is 24.4 Å². The second-order valence-electron chi connectivity index (χ2n) is 3.72. The van der Waals surface area contributed by atoms with Crippen LogP contribution in [0.2, 0.25) is 0 Å². The van der Waals surface area contributed by atoms with Crippen molar-refractivity contribution in [3.63, 3.8) is 0 Å². The van der Waals surface area contributed by atoms with E-state index >= 15 is 0 Å². The maximum atomic E-state index is 10.5. The van der Waals surface area contributed by atoms with Crippen molar-refractivity contribution in [2.45, 2.75) is 52.4 Å². The molecule has 0 saturated carbocycles. The van der Waals surface area contributed by atoms with Gasteiger partial charge in [-0.15, -0.1) is 0 Å². The van der Waals surface area contributed by atoms with Crippen LogP contribution in [0.3, 0.4) is 0 Å². The molecule has 0 aliphatic rings. The quantitative estimate of drug-likeness (QED) is 0.519. The number of carbonyl (C=O) groups is 4. The Morgan fingerprint density at radius 2 is 1.00 bits per heavy atom. The van der Waals surface area contributed by atoms with Gasteiger partial charge in [0.05, 0.1) is 0 Å². The van der Waals surface area contributed by atoms with Crippen LogP contribution >= 0.6 is 0 Å². The largest absolute Gasteiger partial charge is 0.481 e. The summed E-state index contributed by atoms with van der Waals surface area (Å²) in [6.45, 7) is 3.69. The van der Waals surface area contributed by atoms with Gasteiger partial charge >= 0.3 is 11.9 Å². The number of Topliss-reactive ketones (excluding diaryl/α,β-unsaturated/α-hetero) is 2. The maximum Gasteiger partial charge on any atom is 0.310 e. The number of carbonyl (C=O) groups excluding carboxylic acids is 2. The van der Waals surface area contributed by atoms with E-state index in [1.54, 1.807) is 0 Å². The number of carboxylic acid groups (broad SMARTS) is 2. The fraction of sp³-hybridized carbons (Fsp3) is 0.667. The minimum atomic E-state index is -1.03. The van der Waals surface area contributed by atoms with Crippen molar-refractivity contribution >= 4 is 23.5 Å². The van der Waals surface area contributed by atoms with Crippen molar-refractivity contribution in [2.24, 2.45) is 0 Å². The normalized spacial score (nSPS) is 8.53. The molecule has 2 N–H and O–H groups in total. The molecular weight excluding hydrogens is 304 g/mol. The van der Waals surface area contributed by atoms with Crippen LogP contribution in [-0.4, -0.2) is 33.7 Å². The van der Waals surface area contributed by atoms with E-state index in [4.69, 9.17) is 10.2 Å². The topological polar surface area (TPSA) is 109 Å². The molecule has 7 heteroatoms. The Kier molecular flexibility index (Phi) is 17.9. The van der Waals surface area contributed by atoms with Gasteiger partial charge in [-0.2, -0.15) is 0 Å². The number of ketones is 2. The van der Waals surface area contributed by atoms with Crippen LogP contribution < -0.4 is 0 Å². The second-order valence-corrected chi connectivity index (χ2v) is 3.72.